The molecule has 4 rings (SSSR count). The van der Waals surface area contributed by atoms with Gasteiger partial charge in [0.1, 0.15) is 5.82 Å². The first-order chi connectivity index (χ1) is 13.2. The van der Waals surface area contributed by atoms with Gasteiger partial charge >= 0.3 is 6.01 Å². The van der Waals surface area contributed by atoms with E-state index in [0.717, 1.165) is 5.56 Å². The van der Waals surface area contributed by atoms with Gasteiger partial charge in [-0.3, -0.25) is 4.79 Å². The molecule has 2 heterocycles. The highest BCUT2D eigenvalue weighted by molar-refractivity contribution is 5.92. The number of amides is 1. The first kappa shape index (κ1) is 17.2. The molecule has 1 N–H and O–H groups in total. The zero-order valence-electron chi connectivity index (χ0n) is 14.6. The third kappa shape index (κ3) is 3.81. The smallest absolute Gasteiger partial charge is 0.324 e. The van der Waals surface area contributed by atoms with Crippen LogP contribution in [0.15, 0.2) is 59.1 Å². The number of nitrogens with zero attached hydrogens (tertiary/aromatic N) is 3. The summed E-state index contributed by atoms with van der Waals surface area (Å²) in [6, 6.07) is 16.3. The lowest BCUT2D eigenvalue weighted by Crippen LogP contribution is -2.38. The fraction of sp³-hybridized carbons (Fsp3) is 0.250. The molecule has 0 spiro atoms. The van der Waals surface area contributed by atoms with Crippen LogP contribution < -0.4 is 10.2 Å². The van der Waals surface area contributed by atoms with Crippen LogP contribution in [0, 0.1) is 11.7 Å². The van der Waals surface area contributed by atoms with Gasteiger partial charge in [-0.15, -0.1) is 0 Å². The van der Waals surface area contributed by atoms with Gasteiger partial charge in [-0.1, -0.05) is 47.6 Å². The van der Waals surface area contributed by atoms with Crippen molar-refractivity contribution in [1.29, 1.82) is 0 Å². The Morgan fingerprint density at radius 1 is 1.07 bits per heavy atom. The van der Waals surface area contributed by atoms with E-state index in [-0.39, 0.29) is 17.5 Å². The SMILES string of the molecule is O=C(Nc1ccccc1F)C1CCN(c2nc(-c3ccccc3)no2)CC1. The van der Waals surface area contributed by atoms with E-state index in [1.165, 1.54) is 6.07 Å². The topological polar surface area (TPSA) is 71.3 Å². The predicted molar refractivity (Wildman–Crippen MR) is 99.7 cm³/mol. The summed E-state index contributed by atoms with van der Waals surface area (Å²) in [5, 5.41) is 6.71. The molecular formula is C20H19FN4O2. The molecule has 6 nitrogen and oxygen atoms in total. The summed E-state index contributed by atoms with van der Waals surface area (Å²) in [6.07, 6.45) is 1.28. The molecule has 0 unspecified atom stereocenters. The first-order valence-electron chi connectivity index (χ1n) is 8.90. The van der Waals surface area contributed by atoms with E-state index in [2.05, 4.69) is 15.5 Å². The highest BCUT2D eigenvalue weighted by atomic mass is 19.1. The third-order valence-corrected chi connectivity index (χ3v) is 4.72. The molecule has 1 fully saturated rings. The molecule has 1 aromatic heterocycles. The van der Waals surface area contributed by atoms with E-state index in [4.69, 9.17) is 4.52 Å². The molecule has 1 aliphatic heterocycles. The molecule has 27 heavy (non-hydrogen) atoms. The van der Waals surface area contributed by atoms with Gasteiger partial charge in [0.2, 0.25) is 11.7 Å². The molecule has 0 bridgehead atoms. The highest BCUT2D eigenvalue weighted by Crippen LogP contribution is 2.25. The quantitative estimate of drug-likeness (QED) is 0.762. The van der Waals surface area contributed by atoms with Crippen LogP contribution in [0.3, 0.4) is 0 Å². The van der Waals surface area contributed by atoms with Crippen LogP contribution in [0.4, 0.5) is 16.1 Å². The molecule has 3 aromatic rings. The number of nitrogens with one attached hydrogen (secondary N) is 1. The van der Waals surface area contributed by atoms with Crippen molar-refractivity contribution in [2.45, 2.75) is 12.8 Å². The molecule has 0 aliphatic carbocycles. The first-order valence-corrected chi connectivity index (χ1v) is 8.90. The van der Waals surface area contributed by atoms with Crippen molar-refractivity contribution >= 4 is 17.6 Å². The number of carbonyl (C=O) groups is 1. The second-order valence-electron chi connectivity index (χ2n) is 6.50. The van der Waals surface area contributed by atoms with E-state index in [1.807, 2.05) is 35.2 Å². The van der Waals surface area contributed by atoms with Crippen molar-refractivity contribution < 1.29 is 13.7 Å². The van der Waals surface area contributed by atoms with Gasteiger partial charge < -0.3 is 14.7 Å². The number of hydrogen-bond donors (Lipinski definition) is 1. The minimum absolute atomic E-state index is 0.157. The number of hydrogen-bond acceptors (Lipinski definition) is 5. The van der Waals surface area contributed by atoms with Crippen LogP contribution in [0.2, 0.25) is 0 Å². The number of benzene rings is 2. The van der Waals surface area contributed by atoms with Gasteiger partial charge in [0.15, 0.2) is 0 Å². The Labute approximate surface area is 156 Å². The Hall–Kier alpha value is -3.22. The minimum Gasteiger partial charge on any atom is -0.324 e. The average Bonchev–Trinajstić information content (AvgIpc) is 3.21. The largest absolute Gasteiger partial charge is 0.324 e. The number of piperidine rings is 1. The molecule has 7 heteroatoms. The van der Waals surface area contributed by atoms with E-state index in [0.29, 0.717) is 37.8 Å². The average molecular weight is 366 g/mol. The third-order valence-electron chi connectivity index (χ3n) is 4.72. The molecule has 0 radical (unpaired) electrons. The number of anilines is 2. The Morgan fingerprint density at radius 3 is 2.52 bits per heavy atom. The zero-order chi connectivity index (χ0) is 18.6. The van der Waals surface area contributed by atoms with E-state index < -0.39 is 5.82 Å². The predicted octanol–water partition coefficient (Wildman–Crippen LogP) is 3.73. The van der Waals surface area contributed by atoms with Crippen LogP contribution in [0.1, 0.15) is 12.8 Å². The van der Waals surface area contributed by atoms with Gasteiger partial charge in [-0.05, 0) is 25.0 Å². The van der Waals surface area contributed by atoms with Gasteiger partial charge in [-0.25, -0.2) is 4.39 Å². The fourth-order valence-corrected chi connectivity index (χ4v) is 3.18. The molecule has 138 valence electrons. The van der Waals surface area contributed by atoms with Crippen molar-refractivity contribution in [2.75, 3.05) is 23.3 Å². The maximum atomic E-state index is 13.7. The molecule has 1 amide bonds. The number of halogens is 1. The van der Waals surface area contributed by atoms with Crippen LogP contribution in [0.25, 0.3) is 11.4 Å². The molecule has 0 saturated carbocycles. The van der Waals surface area contributed by atoms with Crippen molar-refractivity contribution in [2.24, 2.45) is 5.92 Å². The summed E-state index contributed by atoms with van der Waals surface area (Å²) < 4.78 is 19.1. The summed E-state index contributed by atoms with van der Waals surface area (Å²) >= 11 is 0. The lowest BCUT2D eigenvalue weighted by Gasteiger charge is -2.29. The van der Waals surface area contributed by atoms with E-state index >= 15 is 0 Å². The number of aromatic nitrogens is 2. The van der Waals surface area contributed by atoms with Crippen LogP contribution in [0.5, 0.6) is 0 Å². The lowest BCUT2D eigenvalue weighted by molar-refractivity contribution is -0.120. The highest BCUT2D eigenvalue weighted by Gasteiger charge is 2.28. The summed E-state index contributed by atoms with van der Waals surface area (Å²) in [5.41, 5.74) is 1.11. The van der Waals surface area contributed by atoms with Crippen LogP contribution >= 0.6 is 0 Å². The molecule has 1 aliphatic rings. The summed E-state index contributed by atoms with van der Waals surface area (Å²) in [4.78, 5) is 18.8. The Balaban J connectivity index is 1.36. The van der Waals surface area contributed by atoms with Gasteiger partial charge in [-0.2, -0.15) is 4.98 Å². The number of carbonyl (C=O) groups excluding carboxylic acids is 1. The Morgan fingerprint density at radius 2 is 1.78 bits per heavy atom. The Bertz CT molecular complexity index is 920. The number of rotatable bonds is 4. The van der Waals surface area contributed by atoms with Crippen molar-refractivity contribution in [3.05, 3.63) is 60.4 Å². The summed E-state index contributed by atoms with van der Waals surface area (Å²) in [7, 11) is 0. The van der Waals surface area contributed by atoms with E-state index in [1.54, 1.807) is 18.2 Å². The second kappa shape index (κ2) is 7.57. The maximum absolute atomic E-state index is 13.7. The standard InChI is InChI=1S/C20H19FN4O2/c21-16-8-4-5-9-17(16)22-19(26)15-10-12-25(13-11-15)20-23-18(24-27-20)14-6-2-1-3-7-14/h1-9,15H,10-13H2,(H,22,26). The van der Waals surface area contributed by atoms with Gasteiger partial charge in [0.05, 0.1) is 5.69 Å². The summed E-state index contributed by atoms with van der Waals surface area (Å²) in [6.45, 7) is 1.26. The van der Waals surface area contributed by atoms with Gasteiger partial charge in [0.25, 0.3) is 0 Å². The van der Waals surface area contributed by atoms with Crippen molar-refractivity contribution in [3.8, 4) is 11.4 Å². The van der Waals surface area contributed by atoms with Crippen LogP contribution in [-0.2, 0) is 4.79 Å². The lowest BCUT2D eigenvalue weighted by atomic mass is 9.96. The van der Waals surface area contributed by atoms with Crippen molar-refractivity contribution in [3.63, 3.8) is 0 Å². The molecule has 2 aromatic carbocycles. The Kier molecular flexibility index (Phi) is 4.82. The molecule has 0 atom stereocenters. The minimum atomic E-state index is -0.428. The van der Waals surface area contributed by atoms with Gasteiger partial charge in [0, 0.05) is 24.6 Å². The molecular weight excluding hydrogens is 347 g/mol. The van der Waals surface area contributed by atoms with Crippen LogP contribution in [-0.4, -0.2) is 29.1 Å². The normalized spacial score (nSPS) is 14.9. The summed E-state index contributed by atoms with van der Waals surface area (Å²) in [5.74, 6) is -0.208. The monoisotopic (exact) mass is 366 g/mol. The second-order valence-corrected chi connectivity index (χ2v) is 6.50. The number of para-hydroxylation sites is 1. The van der Waals surface area contributed by atoms with Crippen molar-refractivity contribution in [1.82, 2.24) is 10.1 Å². The zero-order valence-corrected chi connectivity index (χ0v) is 14.6. The van der Waals surface area contributed by atoms with E-state index in [9.17, 15) is 9.18 Å². The maximum Gasteiger partial charge on any atom is 0.324 e. The molecule has 1 saturated heterocycles. The fourth-order valence-electron chi connectivity index (χ4n) is 3.18.